The van der Waals surface area contributed by atoms with Crippen LogP contribution in [0.15, 0.2) is 53.9 Å². The van der Waals surface area contributed by atoms with Crippen LogP contribution in [0.1, 0.15) is 12.5 Å². The Hall–Kier alpha value is -2.73. The number of benzene rings is 2. The van der Waals surface area contributed by atoms with Crippen LogP contribution in [0, 0.1) is 5.82 Å². The standard InChI is InChI=1S/C19H17FN2O2S/c1-2-13-3-5-14(6-4-13)17-12-25-19(21-17)22-18(23)11-24-16-9-7-15(20)8-10-16/h3-10,12H,2,11H2,1H3,(H,21,22,23). The van der Waals surface area contributed by atoms with Crippen LogP contribution < -0.4 is 10.1 Å². The first-order valence-corrected chi connectivity index (χ1v) is 8.75. The first-order chi connectivity index (χ1) is 12.1. The van der Waals surface area contributed by atoms with Crippen LogP contribution in [0.2, 0.25) is 0 Å². The van der Waals surface area contributed by atoms with E-state index in [9.17, 15) is 9.18 Å². The van der Waals surface area contributed by atoms with Crippen molar-refractivity contribution in [2.45, 2.75) is 13.3 Å². The summed E-state index contributed by atoms with van der Waals surface area (Å²) in [6.45, 7) is 1.95. The van der Waals surface area contributed by atoms with Gasteiger partial charge in [0, 0.05) is 10.9 Å². The molecule has 0 fully saturated rings. The van der Waals surface area contributed by atoms with Gasteiger partial charge in [0.25, 0.3) is 5.91 Å². The van der Waals surface area contributed by atoms with Gasteiger partial charge in [-0.05, 0) is 36.2 Å². The van der Waals surface area contributed by atoms with Gasteiger partial charge in [-0.25, -0.2) is 9.37 Å². The average Bonchev–Trinajstić information content (AvgIpc) is 3.10. The molecule has 0 spiro atoms. The number of anilines is 1. The highest BCUT2D eigenvalue weighted by atomic mass is 32.1. The quantitative estimate of drug-likeness (QED) is 0.706. The van der Waals surface area contributed by atoms with E-state index >= 15 is 0 Å². The average molecular weight is 356 g/mol. The Morgan fingerprint density at radius 2 is 1.88 bits per heavy atom. The highest BCUT2D eigenvalue weighted by molar-refractivity contribution is 7.14. The maximum absolute atomic E-state index is 12.8. The topological polar surface area (TPSA) is 51.2 Å². The van der Waals surface area contributed by atoms with Crippen molar-refractivity contribution in [3.63, 3.8) is 0 Å². The van der Waals surface area contributed by atoms with Crippen molar-refractivity contribution in [2.75, 3.05) is 11.9 Å². The molecule has 0 unspecified atom stereocenters. The molecule has 25 heavy (non-hydrogen) atoms. The minimum atomic E-state index is -0.348. The molecule has 2 aromatic carbocycles. The van der Waals surface area contributed by atoms with E-state index in [-0.39, 0.29) is 18.3 Å². The molecule has 1 heterocycles. The smallest absolute Gasteiger partial charge is 0.264 e. The van der Waals surface area contributed by atoms with Crippen molar-refractivity contribution >= 4 is 22.4 Å². The lowest BCUT2D eigenvalue weighted by Crippen LogP contribution is -2.20. The van der Waals surface area contributed by atoms with Gasteiger partial charge in [0.15, 0.2) is 11.7 Å². The highest BCUT2D eigenvalue weighted by Gasteiger charge is 2.09. The second-order valence-corrected chi connectivity index (χ2v) is 6.24. The molecule has 0 atom stereocenters. The lowest BCUT2D eigenvalue weighted by Gasteiger charge is -2.05. The van der Waals surface area contributed by atoms with Gasteiger partial charge in [0.2, 0.25) is 0 Å². The molecule has 0 aliphatic carbocycles. The zero-order chi connectivity index (χ0) is 17.6. The maximum atomic E-state index is 12.8. The number of hydrogen-bond donors (Lipinski definition) is 1. The van der Waals surface area contributed by atoms with Crippen molar-refractivity contribution < 1.29 is 13.9 Å². The highest BCUT2D eigenvalue weighted by Crippen LogP contribution is 2.25. The number of ether oxygens (including phenoxy) is 1. The van der Waals surface area contributed by atoms with Gasteiger partial charge in [-0.15, -0.1) is 11.3 Å². The number of carbonyl (C=O) groups is 1. The van der Waals surface area contributed by atoms with E-state index in [1.165, 1.54) is 41.2 Å². The van der Waals surface area contributed by atoms with Crippen molar-refractivity contribution in [3.8, 4) is 17.0 Å². The molecule has 3 aromatic rings. The summed E-state index contributed by atoms with van der Waals surface area (Å²) in [7, 11) is 0. The zero-order valence-electron chi connectivity index (χ0n) is 13.7. The van der Waals surface area contributed by atoms with E-state index in [0.29, 0.717) is 10.9 Å². The Bertz CT molecular complexity index is 845. The van der Waals surface area contributed by atoms with Crippen LogP contribution in [-0.2, 0) is 11.2 Å². The molecule has 1 N–H and O–H groups in total. The molecule has 128 valence electrons. The number of halogens is 1. The van der Waals surface area contributed by atoms with Gasteiger partial charge in [-0.1, -0.05) is 31.2 Å². The van der Waals surface area contributed by atoms with Crippen LogP contribution in [0.5, 0.6) is 5.75 Å². The monoisotopic (exact) mass is 356 g/mol. The van der Waals surface area contributed by atoms with E-state index in [0.717, 1.165) is 17.7 Å². The van der Waals surface area contributed by atoms with Crippen LogP contribution in [0.25, 0.3) is 11.3 Å². The fourth-order valence-electron chi connectivity index (χ4n) is 2.21. The molecule has 6 heteroatoms. The Morgan fingerprint density at radius 3 is 2.56 bits per heavy atom. The molecule has 0 aliphatic heterocycles. The van der Waals surface area contributed by atoms with Crippen LogP contribution in [-0.4, -0.2) is 17.5 Å². The first-order valence-electron chi connectivity index (χ1n) is 7.87. The number of aryl methyl sites for hydroxylation is 1. The minimum Gasteiger partial charge on any atom is -0.484 e. The van der Waals surface area contributed by atoms with Gasteiger partial charge < -0.3 is 4.74 Å². The van der Waals surface area contributed by atoms with Crippen LogP contribution in [0.4, 0.5) is 9.52 Å². The van der Waals surface area contributed by atoms with E-state index in [1.54, 1.807) is 0 Å². The van der Waals surface area contributed by atoms with Crippen molar-refractivity contribution in [2.24, 2.45) is 0 Å². The van der Waals surface area contributed by atoms with E-state index in [4.69, 9.17) is 4.74 Å². The van der Waals surface area contributed by atoms with Crippen LogP contribution >= 0.6 is 11.3 Å². The SMILES string of the molecule is CCc1ccc(-c2csc(NC(=O)COc3ccc(F)cc3)n2)cc1. The Morgan fingerprint density at radius 1 is 1.16 bits per heavy atom. The summed E-state index contributed by atoms with van der Waals surface area (Å²) in [6, 6.07) is 13.7. The largest absolute Gasteiger partial charge is 0.484 e. The summed E-state index contributed by atoms with van der Waals surface area (Å²) in [5, 5.41) is 5.12. The van der Waals surface area contributed by atoms with Crippen molar-refractivity contribution in [1.82, 2.24) is 4.98 Å². The van der Waals surface area contributed by atoms with Crippen LogP contribution in [0.3, 0.4) is 0 Å². The zero-order valence-corrected chi connectivity index (χ0v) is 14.5. The number of aromatic nitrogens is 1. The Kier molecular flexibility index (Phi) is 5.40. The molecular weight excluding hydrogens is 339 g/mol. The third-order valence-corrected chi connectivity index (χ3v) is 4.35. The number of thiazole rings is 1. The second-order valence-electron chi connectivity index (χ2n) is 5.38. The van der Waals surface area contributed by atoms with Crippen molar-refractivity contribution in [1.29, 1.82) is 0 Å². The maximum Gasteiger partial charge on any atom is 0.264 e. The third-order valence-electron chi connectivity index (χ3n) is 3.59. The third kappa shape index (κ3) is 4.64. The molecule has 3 rings (SSSR count). The molecular formula is C19H17FN2O2S. The second kappa shape index (κ2) is 7.90. The number of nitrogens with zero attached hydrogens (tertiary/aromatic N) is 1. The number of nitrogens with one attached hydrogen (secondary N) is 1. The first kappa shape index (κ1) is 17.1. The summed E-state index contributed by atoms with van der Waals surface area (Å²) in [4.78, 5) is 16.4. The summed E-state index contributed by atoms with van der Waals surface area (Å²) in [5.74, 6) is -0.224. The summed E-state index contributed by atoms with van der Waals surface area (Å²) < 4.78 is 18.1. The summed E-state index contributed by atoms with van der Waals surface area (Å²) >= 11 is 1.36. The Labute approximate surface area is 149 Å². The normalized spacial score (nSPS) is 10.5. The molecule has 0 bridgehead atoms. The van der Waals surface area contributed by atoms with E-state index in [1.807, 2.05) is 17.5 Å². The van der Waals surface area contributed by atoms with Gasteiger partial charge in [-0.2, -0.15) is 0 Å². The molecule has 0 aliphatic rings. The number of rotatable bonds is 6. The lowest BCUT2D eigenvalue weighted by atomic mass is 10.1. The van der Waals surface area contributed by atoms with Gasteiger partial charge in [0.1, 0.15) is 11.6 Å². The number of hydrogen-bond acceptors (Lipinski definition) is 4. The van der Waals surface area contributed by atoms with Crippen molar-refractivity contribution in [3.05, 3.63) is 65.3 Å². The molecule has 0 saturated heterocycles. The van der Waals surface area contributed by atoms with E-state index < -0.39 is 0 Å². The Balaban J connectivity index is 1.56. The predicted molar refractivity (Wildman–Crippen MR) is 97.5 cm³/mol. The summed E-state index contributed by atoms with van der Waals surface area (Å²) in [6.07, 6.45) is 0.993. The summed E-state index contributed by atoms with van der Waals surface area (Å²) in [5.41, 5.74) is 3.10. The fraction of sp³-hybridized carbons (Fsp3) is 0.158. The molecule has 1 aromatic heterocycles. The van der Waals surface area contributed by atoms with E-state index in [2.05, 4.69) is 29.4 Å². The number of amides is 1. The van der Waals surface area contributed by atoms with Gasteiger partial charge in [0.05, 0.1) is 5.69 Å². The van der Waals surface area contributed by atoms with Gasteiger partial charge >= 0.3 is 0 Å². The fourth-order valence-corrected chi connectivity index (χ4v) is 2.95. The van der Waals surface area contributed by atoms with Gasteiger partial charge in [-0.3, -0.25) is 10.1 Å². The predicted octanol–water partition coefficient (Wildman–Crippen LogP) is 4.53. The lowest BCUT2D eigenvalue weighted by molar-refractivity contribution is -0.118. The number of carbonyl (C=O) groups excluding carboxylic acids is 1. The molecule has 0 saturated carbocycles. The minimum absolute atomic E-state index is 0.161. The molecule has 4 nitrogen and oxygen atoms in total. The molecule has 1 amide bonds. The molecule has 0 radical (unpaired) electrons.